The van der Waals surface area contributed by atoms with Gasteiger partial charge in [0.05, 0.1) is 6.04 Å². The van der Waals surface area contributed by atoms with Gasteiger partial charge in [-0.2, -0.15) is 0 Å². The Kier molecular flexibility index (Phi) is 4.71. The first-order valence-electron chi connectivity index (χ1n) is 7.57. The van der Waals surface area contributed by atoms with E-state index in [2.05, 4.69) is 5.32 Å². The van der Waals surface area contributed by atoms with Crippen LogP contribution in [-0.2, 0) is 9.59 Å². The first kappa shape index (κ1) is 16.3. The van der Waals surface area contributed by atoms with Crippen LogP contribution in [0.3, 0.4) is 0 Å². The van der Waals surface area contributed by atoms with Crippen LogP contribution < -0.4 is 14.8 Å². The second-order valence-electron chi connectivity index (χ2n) is 5.42. The maximum atomic E-state index is 12.3. The Hall–Kier alpha value is -2.54. The summed E-state index contributed by atoms with van der Waals surface area (Å²) >= 11 is 1.55. The molecule has 1 unspecified atom stereocenters. The molecule has 7 heteroatoms. The SMILES string of the molecule is CC(c1cccs1)N(C)C(=O)C(=O)Nc1ccc2c(c1)OCCO2. The molecule has 1 aromatic heterocycles. The molecule has 2 aromatic rings. The van der Waals surface area contributed by atoms with E-state index in [1.165, 1.54) is 4.90 Å². The van der Waals surface area contributed by atoms with Gasteiger partial charge in [0.25, 0.3) is 0 Å². The summed E-state index contributed by atoms with van der Waals surface area (Å²) in [7, 11) is 1.62. The molecule has 126 valence electrons. The quantitative estimate of drug-likeness (QED) is 0.868. The van der Waals surface area contributed by atoms with Gasteiger partial charge in [-0.1, -0.05) is 6.07 Å². The van der Waals surface area contributed by atoms with Gasteiger partial charge in [0, 0.05) is 23.7 Å². The number of ether oxygens (including phenoxy) is 2. The van der Waals surface area contributed by atoms with Gasteiger partial charge in [0.2, 0.25) is 0 Å². The Bertz CT molecular complexity index is 745. The van der Waals surface area contributed by atoms with E-state index in [1.54, 1.807) is 36.6 Å². The molecule has 0 bridgehead atoms. The summed E-state index contributed by atoms with van der Waals surface area (Å²) in [4.78, 5) is 27.0. The number of fused-ring (bicyclic) bond motifs is 1. The minimum atomic E-state index is -0.683. The number of benzene rings is 1. The van der Waals surface area contributed by atoms with E-state index >= 15 is 0 Å². The summed E-state index contributed by atoms with van der Waals surface area (Å²) in [5, 5.41) is 4.55. The van der Waals surface area contributed by atoms with Gasteiger partial charge in [-0.05, 0) is 30.5 Å². The smallest absolute Gasteiger partial charge is 0.313 e. The van der Waals surface area contributed by atoms with Crippen molar-refractivity contribution in [3.63, 3.8) is 0 Å². The predicted octanol–water partition coefficient (Wildman–Crippen LogP) is 2.68. The van der Waals surface area contributed by atoms with E-state index in [0.717, 1.165) is 4.88 Å². The maximum absolute atomic E-state index is 12.3. The van der Waals surface area contributed by atoms with Crippen molar-refractivity contribution in [1.82, 2.24) is 4.90 Å². The molecular weight excluding hydrogens is 328 g/mol. The van der Waals surface area contributed by atoms with Crippen molar-refractivity contribution < 1.29 is 19.1 Å². The lowest BCUT2D eigenvalue weighted by atomic mass is 10.2. The van der Waals surface area contributed by atoms with Gasteiger partial charge < -0.3 is 19.7 Å². The minimum Gasteiger partial charge on any atom is -0.486 e. The summed E-state index contributed by atoms with van der Waals surface area (Å²) in [5.74, 6) is -0.0795. The zero-order valence-corrected chi connectivity index (χ0v) is 14.3. The zero-order valence-electron chi connectivity index (χ0n) is 13.4. The molecular formula is C17H18N2O4S. The first-order valence-corrected chi connectivity index (χ1v) is 8.45. The second kappa shape index (κ2) is 6.92. The Balaban J connectivity index is 1.67. The van der Waals surface area contributed by atoms with Crippen LogP contribution in [0.2, 0.25) is 0 Å². The van der Waals surface area contributed by atoms with E-state index in [-0.39, 0.29) is 6.04 Å². The van der Waals surface area contributed by atoms with Crippen molar-refractivity contribution in [2.75, 3.05) is 25.6 Å². The average Bonchev–Trinajstić information content (AvgIpc) is 3.14. The highest BCUT2D eigenvalue weighted by atomic mass is 32.1. The molecule has 0 radical (unpaired) electrons. The molecule has 2 amide bonds. The fraction of sp³-hybridized carbons (Fsp3) is 0.294. The third kappa shape index (κ3) is 3.35. The van der Waals surface area contributed by atoms with Gasteiger partial charge >= 0.3 is 11.8 Å². The summed E-state index contributed by atoms with van der Waals surface area (Å²) in [5.41, 5.74) is 0.495. The number of carbonyl (C=O) groups is 2. The van der Waals surface area contributed by atoms with E-state index in [9.17, 15) is 9.59 Å². The molecule has 1 N–H and O–H groups in total. The summed E-state index contributed by atoms with van der Waals surface area (Å²) < 4.78 is 10.9. The number of amides is 2. The van der Waals surface area contributed by atoms with E-state index in [4.69, 9.17) is 9.47 Å². The zero-order chi connectivity index (χ0) is 17.1. The van der Waals surface area contributed by atoms with E-state index in [1.807, 2.05) is 24.4 Å². The number of hydrogen-bond acceptors (Lipinski definition) is 5. The molecule has 0 aliphatic carbocycles. The Labute approximate surface area is 144 Å². The highest BCUT2D eigenvalue weighted by Gasteiger charge is 2.24. The van der Waals surface area contributed by atoms with Gasteiger partial charge in [0.1, 0.15) is 13.2 Å². The Morgan fingerprint density at radius 2 is 1.96 bits per heavy atom. The van der Waals surface area contributed by atoms with Gasteiger partial charge in [-0.15, -0.1) is 11.3 Å². The fourth-order valence-electron chi connectivity index (χ4n) is 2.36. The Morgan fingerprint density at radius 3 is 2.67 bits per heavy atom. The minimum absolute atomic E-state index is 0.163. The molecule has 0 saturated carbocycles. The molecule has 24 heavy (non-hydrogen) atoms. The van der Waals surface area contributed by atoms with Crippen LogP contribution in [0.5, 0.6) is 11.5 Å². The highest BCUT2D eigenvalue weighted by Crippen LogP contribution is 2.32. The number of anilines is 1. The average molecular weight is 346 g/mol. The molecule has 1 atom stereocenters. The summed E-state index contributed by atoms with van der Waals surface area (Å²) in [6, 6.07) is 8.75. The lowest BCUT2D eigenvalue weighted by Gasteiger charge is -2.23. The third-order valence-corrected chi connectivity index (χ3v) is 4.89. The highest BCUT2D eigenvalue weighted by molar-refractivity contribution is 7.10. The maximum Gasteiger partial charge on any atom is 0.313 e. The molecule has 2 heterocycles. The van der Waals surface area contributed by atoms with Crippen molar-refractivity contribution in [1.29, 1.82) is 0 Å². The van der Waals surface area contributed by atoms with Crippen molar-refractivity contribution >= 4 is 28.8 Å². The molecule has 0 saturated heterocycles. The number of likely N-dealkylation sites (N-methyl/N-ethyl adjacent to an activating group) is 1. The standard InChI is InChI=1S/C17H18N2O4S/c1-11(15-4-3-9-24-15)19(2)17(21)16(20)18-12-5-6-13-14(10-12)23-8-7-22-13/h3-6,9-11H,7-8H2,1-2H3,(H,18,20). The van der Waals surface area contributed by atoms with Gasteiger partial charge in [-0.3, -0.25) is 9.59 Å². The van der Waals surface area contributed by atoms with Crippen LogP contribution in [0.4, 0.5) is 5.69 Å². The van der Waals surface area contributed by atoms with Crippen molar-refractivity contribution in [2.45, 2.75) is 13.0 Å². The van der Waals surface area contributed by atoms with Crippen LogP contribution >= 0.6 is 11.3 Å². The van der Waals surface area contributed by atoms with Crippen molar-refractivity contribution in [2.24, 2.45) is 0 Å². The summed E-state index contributed by atoms with van der Waals surface area (Å²) in [6.45, 7) is 2.86. The normalized spacial score (nSPS) is 13.9. The molecule has 0 fully saturated rings. The molecule has 1 aliphatic rings. The number of thiophene rings is 1. The number of hydrogen-bond donors (Lipinski definition) is 1. The lowest BCUT2D eigenvalue weighted by molar-refractivity contribution is -0.143. The topological polar surface area (TPSA) is 67.9 Å². The van der Waals surface area contributed by atoms with Crippen LogP contribution in [0.25, 0.3) is 0 Å². The first-order chi connectivity index (χ1) is 11.6. The number of nitrogens with one attached hydrogen (secondary N) is 1. The summed E-state index contributed by atoms with van der Waals surface area (Å²) in [6.07, 6.45) is 0. The van der Waals surface area contributed by atoms with Gasteiger partial charge in [-0.25, -0.2) is 0 Å². The number of nitrogens with zero attached hydrogens (tertiary/aromatic N) is 1. The van der Waals surface area contributed by atoms with Crippen molar-refractivity contribution in [3.05, 3.63) is 40.6 Å². The van der Waals surface area contributed by atoms with Crippen LogP contribution in [-0.4, -0.2) is 37.0 Å². The molecule has 6 nitrogen and oxygen atoms in total. The lowest BCUT2D eigenvalue weighted by Crippen LogP contribution is -2.38. The molecule has 1 aliphatic heterocycles. The van der Waals surface area contributed by atoms with E-state index < -0.39 is 11.8 Å². The van der Waals surface area contributed by atoms with Crippen LogP contribution in [0.15, 0.2) is 35.7 Å². The number of carbonyl (C=O) groups excluding carboxylic acids is 2. The molecule has 1 aromatic carbocycles. The monoisotopic (exact) mass is 346 g/mol. The molecule has 0 spiro atoms. The van der Waals surface area contributed by atoms with Crippen LogP contribution in [0, 0.1) is 0 Å². The van der Waals surface area contributed by atoms with Crippen molar-refractivity contribution in [3.8, 4) is 11.5 Å². The third-order valence-electron chi connectivity index (χ3n) is 3.85. The van der Waals surface area contributed by atoms with Crippen LogP contribution in [0.1, 0.15) is 17.8 Å². The second-order valence-corrected chi connectivity index (χ2v) is 6.40. The largest absolute Gasteiger partial charge is 0.486 e. The Morgan fingerprint density at radius 1 is 1.21 bits per heavy atom. The van der Waals surface area contributed by atoms with Gasteiger partial charge in [0.15, 0.2) is 11.5 Å². The molecule has 3 rings (SSSR count). The fourth-order valence-corrected chi connectivity index (χ4v) is 3.19. The predicted molar refractivity (Wildman–Crippen MR) is 91.6 cm³/mol. The van der Waals surface area contributed by atoms with E-state index in [0.29, 0.717) is 30.4 Å². The number of rotatable bonds is 3.